The van der Waals surface area contributed by atoms with Crippen LogP contribution in [0.1, 0.15) is 0 Å². The zero-order valence-electron chi connectivity index (χ0n) is 10.8. The Labute approximate surface area is 115 Å². The van der Waals surface area contributed by atoms with Crippen molar-refractivity contribution in [2.45, 2.75) is 0 Å². The van der Waals surface area contributed by atoms with Crippen molar-refractivity contribution in [1.29, 1.82) is 0 Å². The van der Waals surface area contributed by atoms with Gasteiger partial charge in [-0.15, -0.1) is 0 Å². The molecule has 0 atom stereocenters. The van der Waals surface area contributed by atoms with E-state index in [2.05, 4.69) is 0 Å². The summed E-state index contributed by atoms with van der Waals surface area (Å²) in [6.45, 7) is -0.642. The molecule has 0 aliphatic carbocycles. The van der Waals surface area contributed by atoms with Gasteiger partial charge >= 0.3 is 0 Å². The van der Waals surface area contributed by atoms with Crippen LogP contribution in [0.15, 0.2) is 18.2 Å². The van der Waals surface area contributed by atoms with E-state index in [1.54, 1.807) is 0 Å². The largest absolute Gasteiger partial charge is 0.495 e. The molecular weight excluding hydrogens is 290 g/mol. The number of anilines is 1. The number of hydrogen-bond acceptors (Lipinski definition) is 6. The van der Waals surface area contributed by atoms with Crippen LogP contribution in [0.5, 0.6) is 5.75 Å². The fourth-order valence-electron chi connectivity index (χ4n) is 1.51. The first kappa shape index (κ1) is 15.7. The van der Waals surface area contributed by atoms with Gasteiger partial charge in [0.25, 0.3) is 5.69 Å². The van der Waals surface area contributed by atoms with Gasteiger partial charge in [-0.2, -0.15) is 0 Å². The zero-order chi connectivity index (χ0) is 15.5. The van der Waals surface area contributed by atoms with Gasteiger partial charge < -0.3 is 10.5 Å². The Morgan fingerprint density at radius 3 is 2.50 bits per heavy atom. The fraction of sp³-hybridized carbons (Fsp3) is 0.300. The molecule has 0 fully saturated rings. The summed E-state index contributed by atoms with van der Waals surface area (Å²) in [4.78, 5) is 21.1. The lowest BCUT2D eigenvalue weighted by atomic mass is 10.2. The van der Waals surface area contributed by atoms with Crippen molar-refractivity contribution in [1.82, 2.24) is 0 Å². The molecule has 1 amide bonds. The molecule has 0 heterocycles. The Morgan fingerprint density at radius 2 is 2.10 bits per heavy atom. The van der Waals surface area contributed by atoms with Gasteiger partial charge in [0, 0.05) is 12.1 Å². The summed E-state index contributed by atoms with van der Waals surface area (Å²) in [5, 5.41) is 10.8. The van der Waals surface area contributed by atoms with Crippen LogP contribution in [-0.2, 0) is 14.8 Å². The van der Waals surface area contributed by atoms with E-state index in [1.165, 1.54) is 13.2 Å². The Hall–Kier alpha value is -2.36. The average Bonchev–Trinajstić information content (AvgIpc) is 2.33. The van der Waals surface area contributed by atoms with E-state index in [4.69, 9.17) is 10.5 Å². The number of rotatable bonds is 6. The lowest BCUT2D eigenvalue weighted by Gasteiger charge is -2.22. The monoisotopic (exact) mass is 303 g/mol. The molecule has 1 aromatic rings. The lowest BCUT2D eigenvalue weighted by molar-refractivity contribution is -0.384. The highest BCUT2D eigenvalue weighted by atomic mass is 32.2. The number of carbonyl (C=O) groups is 1. The number of hydrogen-bond donors (Lipinski definition) is 1. The maximum Gasteiger partial charge on any atom is 0.271 e. The first-order chi connectivity index (χ1) is 9.16. The van der Waals surface area contributed by atoms with Crippen LogP contribution in [0.25, 0.3) is 0 Å². The summed E-state index contributed by atoms with van der Waals surface area (Å²) in [6, 6.07) is 3.41. The highest BCUT2D eigenvalue weighted by Crippen LogP contribution is 2.33. The standard InChI is InChI=1S/C10H13N3O6S/c1-19-9-4-3-7(13(15)16)5-8(9)12(6-10(11)14)20(2,17)18/h3-5H,6H2,1-2H3,(H2,11,14). The molecule has 20 heavy (non-hydrogen) atoms. The summed E-state index contributed by atoms with van der Waals surface area (Å²) in [5.74, 6) is -0.828. The van der Waals surface area contributed by atoms with E-state index in [-0.39, 0.29) is 17.1 Å². The molecule has 0 bridgehead atoms. The van der Waals surface area contributed by atoms with E-state index < -0.39 is 27.4 Å². The molecule has 110 valence electrons. The van der Waals surface area contributed by atoms with Crippen molar-refractivity contribution in [3.8, 4) is 5.75 Å². The van der Waals surface area contributed by atoms with E-state index in [0.717, 1.165) is 18.4 Å². The summed E-state index contributed by atoms with van der Waals surface area (Å²) < 4.78 is 29.0. The quantitative estimate of drug-likeness (QED) is 0.574. The summed E-state index contributed by atoms with van der Waals surface area (Å²) in [6.07, 6.45) is 0.855. The van der Waals surface area contributed by atoms with Gasteiger partial charge in [0.05, 0.1) is 18.3 Å². The number of carbonyl (C=O) groups excluding carboxylic acids is 1. The summed E-state index contributed by atoms with van der Waals surface area (Å²) in [7, 11) is -2.58. The molecule has 0 saturated carbocycles. The van der Waals surface area contributed by atoms with E-state index >= 15 is 0 Å². The molecule has 1 rings (SSSR count). The van der Waals surface area contributed by atoms with Crippen LogP contribution in [-0.4, -0.2) is 39.2 Å². The number of nitro benzene ring substituents is 1. The molecular formula is C10H13N3O6S. The maximum atomic E-state index is 11.7. The summed E-state index contributed by atoms with van der Waals surface area (Å²) in [5.41, 5.74) is 4.54. The zero-order valence-corrected chi connectivity index (χ0v) is 11.6. The molecule has 0 aromatic heterocycles. The minimum atomic E-state index is -3.86. The molecule has 0 aliphatic rings. The number of nitro groups is 1. The highest BCUT2D eigenvalue weighted by molar-refractivity contribution is 7.92. The van der Waals surface area contributed by atoms with E-state index in [1.807, 2.05) is 0 Å². The van der Waals surface area contributed by atoms with Gasteiger partial charge in [0.1, 0.15) is 18.0 Å². The van der Waals surface area contributed by atoms with Crippen molar-refractivity contribution in [2.24, 2.45) is 5.73 Å². The number of amides is 1. The third kappa shape index (κ3) is 3.57. The first-order valence-corrected chi connectivity index (χ1v) is 7.10. The fourth-order valence-corrected chi connectivity index (χ4v) is 2.37. The highest BCUT2D eigenvalue weighted by Gasteiger charge is 2.25. The molecule has 0 aliphatic heterocycles. The van der Waals surface area contributed by atoms with Gasteiger partial charge in [-0.05, 0) is 6.07 Å². The van der Waals surface area contributed by atoms with Crippen molar-refractivity contribution in [3.63, 3.8) is 0 Å². The molecule has 2 N–H and O–H groups in total. The first-order valence-electron chi connectivity index (χ1n) is 5.25. The van der Waals surface area contributed by atoms with Crippen LogP contribution in [0.4, 0.5) is 11.4 Å². The molecule has 0 saturated heterocycles. The minimum absolute atomic E-state index is 0.0716. The Balaban J connectivity index is 3.48. The second kappa shape index (κ2) is 5.74. The average molecular weight is 303 g/mol. The summed E-state index contributed by atoms with van der Waals surface area (Å²) >= 11 is 0. The van der Waals surface area contributed by atoms with Crippen molar-refractivity contribution in [2.75, 3.05) is 24.2 Å². The number of nitrogens with two attached hydrogens (primary N) is 1. The van der Waals surface area contributed by atoms with E-state index in [9.17, 15) is 23.3 Å². The third-order valence-corrected chi connectivity index (χ3v) is 3.47. The minimum Gasteiger partial charge on any atom is -0.495 e. The topological polar surface area (TPSA) is 133 Å². The number of sulfonamides is 1. The van der Waals surface area contributed by atoms with Gasteiger partial charge in [-0.1, -0.05) is 0 Å². The molecule has 0 radical (unpaired) electrons. The number of non-ortho nitro benzene ring substituents is 1. The Kier molecular flexibility index (Phi) is 4.50. The molecule has 10 heteroatoms. The number of benzene rings is 1. The maximum absolute atomic E-state index is 11.7. The number of ether oxygens (including phenoxy) is 1. The SMILES string of the molecule is COc1ccc([N+](=O)[O-])cc1N(CC(N)=O)S(C)(=O)=O. The number of methoxy groups -OCH3 is 1. The van der Waals surface area contributed by atoms with Crippen molar-refractivity contribution >= 4 is 27.3 Å². The van der Waals surface area contributed by atoms with Crippen LogP contribution in [0.2, 0.25) is 0 Å². The molecule has 9 nitrogen and oxygen atoms in total. The van der Waals surface area contributed by atoms with E-state index in [0.29, 0.717) is 4.31 Å². The smallest absolute Gasteiger partial charge is 0.271 e. The second-order valence-electron chi connectivity index (χ2n) is 3.85. The second-order valence-corrected chi connectivity index (χ2v) is 5.76. The van der Waals surface area contributed by atoms with Gasteiger partial charge in [-0.3, -0.25) is 19.2 Å². The lowest BCUT2D eigenvalue weighted by Crippen LogP contribution is -2.38. The van der Waals surface area contributed by atoms with Crippen molar-refractivity contribution < 1.29 is 22.9 Å². The molecule has 1 aromatic carbocycles. The molecule has 0 unspecified atom stereocenters. The van der Waals surface area contributed by atoms with Gasteiger partial charge in [0.2, 0.25) is 15.9 Å². The van der Waals surface area contributed by atoms with Crippen molar-refractivity contribution in [3.05, 3.63) is 28.3 Å². The normalized spacial score (nSPS) is 10.9. The van der Waals surface area contributed by atoms with Crippen LogP contribution >= 0.6 is 0 Å². The van der Waals surface area contributed by atoms with Crippen LogP contribution in [0.3, 0.4) is 0 Å². The number of primary amides is 1. The Bertz CT molecular complexity index is 642. The van der Waals surface area contributed by atoms with Crippen LogP contribution < -0.4 is 14.8 Å². The Morgan fingerprint density at radius 1 is 1.50 bits per heavy atom. The van der Waals surface area contributed by atoms with Gasteiger partial charge in [-0.25, -0.2) is 8.42 Å². The number of nitrogens with zero attached hydrogens (tertiary/aromatic N) is 2. The predicted octanol–water partition coefficient (Wildman–Crippen LogP) is -0.145. The molecule has 0 spiro atoms. The van der Waals surface area contributed by atoms with Gasteiger partial charge in [0.15, 0.2) is 0 Å². The van der Waals surface area contributed by atoms with Crippen LogP contribution in [0, 0.1) is 10.1 Å². The third-order valence-electron chi connectivity index (χ3n) is 2.34. The predicted molar refractivity (Wildman–Crippen MR) is 71.0 cm³/mol.